The van der Waals surface area contributed by atoms with E-state index in [1.54, 1.807) is 10.6 Å². The van der Waals surface area contributed by atoms with E-state index in [4.69, 9.17) is 16.3 Å². The Hall–Kier alpha value is -0.450. The summed E-state index contributed by atoms with van der Waals surface area (Å²) in [6.07, 6.45) is 13.7. The van der Waals surface area contributed by atoms with Crippen molar-refractivity contribution in [3.63, 3.8) is 0 Å². The average molecular weight is 598 g/mol. The SMILES string of the molecule is CC(C)(C)CCCCCCCCCCCOCn1c(S(C)(=O)=O)nc2nc(I)c(Cl)cc21. The summed E-state index contributed by atoms with van der Waals surface area (Å²) in [6.45, 7) is 7.64. The molecule has 0 radical (unpaired) electrons. The minimum atomic E-state index is -3.51. The molecule has 0 unspecified atom stereocenters. The molecule has 0 aromatic carbocycles. The normalized spacial score (nSPS) is 12.7. The Morgan fingerprint density at radius 1 is 1.00 bits per heavy atom. The molecule has 2 aromatic heterocycles. The summed E-state index contributed by atoms with van der Waals surface area (Å²) in [4.78, 5) is 8.49. The van der Waals surface area contributed by atoms with Crippen LogP contribution in [0.4, 0.5) is 0 Å². The van der Waals surface area contributed by atoms with Gasteiger partial charge in [0.15, 0.2) is 5.65 Å². The number of unbranched alkanes of at least 4 members (excludes halogenated alkanes) is 8. The zero-order valence-corrected chi connectivity index (χ0v) is 23.5. The molecule has 0 amide bonds. The quantitative estimate of drug-likeness (QED) is 0.133. The number of halogens is 2. The molecule has 182 valence electrons. The van der Waals surface area contributed by atoms with Crippen LogP contribution in [0.1, 0.15) is 85.0 Å². The topological polar surface area (TPSA) is 74.1 Å². The Morgan fingerprint density at radius 2 is 1.56 bits per heavy atom. The van der Waals surface area contributed by atoms with Crippen molar-refractivity contribution in [1.82, 2.24) is 14.5 Å². The zero-order valence-electron chi connectivity index (χ0n) is 19.8. The van der Waals surface area contributed by atoms with Gasteiger partial charge in [0.25, 0.3) is 0 Å². The molecule has 2 heterocycles. The number of aromatic nitrogens is 3. The summed E-state index contributed by atoms with van der Waals surface area (Å²) < 4.78 is 32.2. The Balaban J connectivity index is 1.67. The first-order valence-corrected chi connectivity index (χ1v) is 14.8. The number of sulfone groups is 1. The van der Waals surface area contributed by atoms with E-state index in [9.17, 15) is 8.42 Å². The number of pyridine rings is 1. The van der Waals surface area contributed by atoms with E-state index in [0.29, 0.717) is 31.9 Å². The number of imidazole rings is 1. The third-order valence-electron chi connectivity index (χ3n) is 5.38. The van der Waals surface area contributed by atoms with Crippen molar-refractivity contribution in [2.24, 2.45) is 5.41 Å². The van der Waals surface area contributed by atoms with Crippen LogP contribution in [-0.4, -0.2) is 35.8 Å². The summed E-state index contributed by atoms with van der Waals surface area (Å²) >= 11 is 8.18. The van der Waals surface area contributed by atoms with Crippen molar-refractivity contribution in [2.45, 2.75) is 96.9 Å². The van der Waals surface area contributed by atoms with Crippen LogP contribution >= 0.6 is 34.2 Å². The summed E-state index contributed by atoms with van der Waals surface area (Å²) in [5, 5.41) is 0.425. The molecule has 0 saturated carbocycles. The molecule has 0 aliphatic rings. The maximum atomic E-state index is 12.2. The number of ether oxygens (including phenoxy) is 1. The second kappa shape index (κ2) is 12.9. The Labute approximate surface area is 211 Å². The van der Waals surface area contributed by atoms with Gasteiger partial charge in [0.05, 0.1) is 10.5 Å². The van der Waals surface area contributed by atoms with E-state index in [1.807, 2.05) is 22.6 Å². The molecule has 0 atom stereocenters. The molecular weight excluding hydrogens is 561 g/mol. The lowest BCUT2D eigenvalue weighted by atomic mass is 9.89. The minimum absolute atomic E-state index is 0.0411. The average Bonchev–Trinajstić information content (AvgIpc) is 3.03. The van der Waals surface area contributed by atoms with E-state index in [1.165, 1.54) is 51.4 Å². The lowest BCUT2D eigenvalue weighted by Gasteiger charge is -2.17. The van der Waals surface area contributed by atoms with Crippen molar-refractivity contribution < 1.29 is 13.2 Å². The number of hydrogen-bond donors (Lipinski definition) is 0. The largest absolute Gasteiger partial charge is 0.361 e. The van der Waals surface area contributed by atoms with Crippen LogP contribution in [0.5, 0.6) is 0 Å². The van der Waals surface area contributed by atoms with Crippen LogP contribution in [0.25, 0.3) is 11.2 Å². The third-order valence-corrected chi connectivity index (χ3v) is 7.79. The van der Waals surface area contributed by atoms with Gasteiger partial charge in [-0.05, 0) is 46.9 Å². The van der Waals surface area contributed by atoms with Gasteiger partial charge in [0.1, 0.15) is 10.4 Å². The van der Waals surface area contributed by atoms with E-state index < -0.39 is 9.84 Å². The Kier molecular flexibility index (Phi) is 11.2. The highest BCUT2D eigenvalue weighted by atomic mass is 127. The van der Waals surface area contributed by atoms with Gasteiger partial charge in [0, 0.05) is 12.9 Å². The van der Waals surface area contributed by atoms with Gasteiger partial charge in [-0.2, -0.15) is 4.98 Å². The van der Waals surface area contributed by atoms with Crippen molar-refractivity contribution in [3.8, 4) is 0 Å². The highest BCUT2D eigenvalue weighted by molar-refractivity contribution is 14.1. The van der Waals surface area contributed by atoms with E-state index in [0.717, 1.165) is 19.1 Å². The molecule has 6 nitrogen and oxygen atoms in total. The Bertz CT molecular complexity index is 971. The van der Waals surface area contributed by atoms with E-state index >= 15 is 0 Å². The minimum Gasteiger partial charge on any atom is -0.361 e. The number of hydrogen-bond acceptors (Lipinski definition) is 5. The molecule has 0 saturated heterocycles. The van der Waals surface area contributed by atoms with Gasteiger partial charge in [-0.25, -0.2) is 13.4 Å². The lowest BCUT2D eigenvalue weighted by Crippen LogP contribution is -2.12. The van der Waals surface area contributed by atoms with Crippen LogP contribution in [-0.2, 0) is 21.3 Å². The van der Waals surface area contributed by atoms with Crippen molar-refractivity contribution in [3.05, 3.63) is 14.8 Å². The van der Waals surface area contributed by atoms with Crippen LogP contribution in [0.15, 0.2) is 11.2 Å². The molecular formula is C23H37ClIN3O3S. The van der Waals surface area contributed by atoms with Gasteiger partial charge < -0.3 is 4.74 Å². The number of nitrogens with zero attached hydrogens (tertiary/aromatic N) is 3. The molecule has 0 spiro atoms. The summed E-state index contributed by atoms with van der Waals surface area (Å²) in [7, 11) is -3.51. The standard InChI is InChI=1S/C23H37ClIN3O3S/c1-23(2,3)14-12-10-8-6-5-7-9-11-13-15-31-17-28-19-16-18(24)20(25)26-21(19)27-22(28)32(4,29)30/h16H,5-15,17H2,1-4H3. The molecule has 0 fully saturated rings. The van der Waals surface area contributed by atoms with Crippen molar-refractivity contribution in [2.75, 3.05) is 12.9 Å². The fraction of sp³-hybridized carbons (Fsp3) is 0.739. The predicted octanol–water partition coefficient (Wildman–Crippen LogP) is 7.01. The first kappa shape index (κ1) is 27.8. The van der Waals surface area contributed by atoms with Gasteiger partial charge in [-0.15, -0.1) is 0 Å². The van der Waals surface area contributed by atoms with Gasteiger partial charge in [-0.1, -0.05) is 83.7 Å². The van der Waals surface area contributed by atoms with E-state index in [-0.39, 0.29) is 11.9 Å². The van der Waals surface area contributed by atoms with Gasteiger partial charge >= 0.3 is 0 Å². The predicted molar refractivity (Wildman–Crippen MR) is 140 cm³/mol. The fourth-order valence-electron chi connectivity index (χ4n) is 3.64. The van der Waals surface area contributed by atoms with Gasteiger partial charge in [-0.3, -0.25) is 4.57 Å². The second-order valence-electron chi connectivity index (χ2n) is 9.73. The van der Waals surface area contributed by atoms with Crippen LogP contribution in [0.2, 0.25) is 5.02 Å². The fourth-order valence-corrected chi connectivity index (χ4v) is 4.98. The first-order chi connectivity index (χ1) is 15.0. The molecule has 0 aliphatic carbocycles. The number of rotatable bonds is 14. The van der Waals surface area contributed by atoms with Gasteiger partial charge in [0.2, 0.25) is 15.0 Å². The van der Waals surface area contributed by atoms with Crippen molar-refractivity contribution in [1.29, 1.82) is 0 Å². The molecule has 2 rings (SSSR count). The maximum Gasteiger partial charge on any atom is 0.231 e. The maximum absolute atomic E-state index is 12.2. The lowest BCUT2D eigenvalue weighted by molar-refractivity contribution is 0.0708. The molecule has 0 bridgehead atoms. The third kappa shape index (κ3) is 9.43. The Morgan fingerprint density at radius 3 is 2.12 bits per heavy atom. The highest BCUT2D eigenvalue weighted by Gasteiger charge is 2.21. The van der Waals surface area contributed by atoms with Crippen LogP contribution in [0.3, 0.4) is 0 Å². The molecule has 32 heavy (non-hydrogen) atoms. The molecule has 2 aromatic rings. The number of fused-ring (bicyclic) bond motifs is 1. The van der Waals surface area contributed by atoms with E-state index in [2.05, 4.69) is 30.7 Å². The zero-order chi connectivity index (χ0) is 23.8. The molecule has 0 N–H and O–H groups in total. The molecule has 0 aliphatic heterocycles. The first-order valence-electron chi connectivity index (χ1n) is 11.5. The smallest absolute Gasteiger partial charge is 0.231 e. The summed E-state index contributed by atoms with van der Waals surface area (Å²) in [5.74, 6) is 0. The second-order valence-corrected chi connectivity index (χ2v) is 13.1. The molecule has 9 heteroatoms. The van der Waals surface area contributed by atoms with Crippen molar-refractivity contribution >= 4 is 55.2 Å². The van der Waals surface area contributed by atoms with Crippen LogP contribution in [0, 0.1) is 9.12 Å². The summed E-state index contributed by atoms with van der Waals surface area (Å²) in [5.41, 5.74) is 1.39. The highest BCUT2D eigenvalue weighted by Crippen LogP contribution is 2.25. The van der Waals surface area contributed by atoms with Crippen LogP contribution < -0.4 is 0 Å². The monoisotopic (exact) mass is 597 g/mol. The summed E-state index contributed by atoms with van der Waals surface area (Å²) in [6, 6.07) is 1.69.